The molecule has 0 saturated heterocycles. The zero-order chi connectivity index (χ0) is 8.97. The minimum Gasteiger partial charge on any atom is -0.297 e. The number of pyridine rings is 1. The highest BCUT2D eigenvalue weighted by atomic mass is 15.4. The summed E-state index contributed by atoms with van der Waals surface area (Å²) in [4.78, 5) is 8.01. The van der Waals surface area contributed by atoms with Crippen LogP contribution in [0.2, 0.25) is 0 Å². The minimum absolute atomic E-state index is 0.725. The molecule has 0 amide bonds. The lowest BCUT2D eigenvalue weighted by Crippen LogP contribution is -2.27. The molecular weight excluding hydrogens is 152 g/mol. The number of hydrogen-bond donors (Lipinski definition) is 1. The molecule has 0 saturated carbocycles. The Balaban J connectivity index is 3.08. The van der Waals surface area contributed by atoms with Gasteiger partial charge in [0.25, 0.3) is 0 Å². The van der Waals surface area contributed by atoms with E-state index < -0.39 is 0 Å². The van der Waals surface area contributed by atoms with E-state index in [-0.39, 0.29) is 0 Å². The smallest absolute Gasteiger partial charge is 0.151 e. The van der Waals surface area contributed by atoms with Crippen LogP contribution in [0.15, 0.2) is 23.3 Å². The molecule has 2 N–H and O–H groups in total. The number of rotatable bonds is 2. The number of aliphatic imine (C=N–C) groups is 1. The lowest BCUT2D eigenvalue weighted by molar-refractivity contribution is 0.975. The first-order chi connectivity index (χ1) is 5.75. The quantitative estimate of drug-likeness (QED) is 0.392. The summed E-state index contributed by atoms with van der Waals surface area (Å²) in [6, 6.07) is 3.77. The van der Waals surface area contributed by atoms with Crippen LogP contribution in [0, 0.1) is 0 Å². The first kappa shape index (κ1) is 8.67. The zero-order valence-electron chi connectivity index (χ0n) is 7.23. The fourth-order valence-electron chi connectivity index (χ4n) is 0.944. The molecule has 0 radical (unpaired) electrons. The Morgan fingerprint density at radius 1 is 1.67 bits per heavy atom. The van der Waals surface area contributed by atoms with E-state index in [9.17, 15) is 0 Å². The van der Waals surface area contributed by atoms with E-state index in [2.05, 4.69) is 9.98 Å². The van der Waals surface area contributed by atoms with Gasteiger partial charge in [0, 0.05) is 32.1 Å². The second kappa shape index (κ2) is 3.82. The van der Waals surface area contributed by atoms with Crippen LogP contribution in [-0.2, 0) is 0 Å². The van der Waals surface area contributed by atoms with Gasteiger partial charge in [-0.15, -0.1) is 0 Å². The number of hydrogen-bond acceptors (Lipinski definition) is 4. The maximum absolute atomic E-state index is 5.55. The Morgan fingerprint density at radius 3 is 3.00 bits per heavy atom. The number of hydrazine groups is 1. The maximum Gasteiger partial charge on any atom is 0.151 e. The third-order valence-electron chi connectivity index (χ3n) is 1.42. The van der Waals surface area contributed by atoms with Crippen molar-refractivity contribution in [3.05, 3.63) is 23.9 Å². The van der Waals surface area contributed by atoms with E-state index in [0.29, 0.717) is 0 Å². The highest BCUT2D eigenvalue weighted by Gasteiger charge is 2.01. The van der Waals surface area contributed by atoms with Gasteiger partial charge >= 0.3 is 0 Å². The summed E-state index contributed by atoms with van der Waals surface area (Å²) in [6.07, 6.45) is 3.43. The maximum atomic E-state index is 5.55. The molecule has 4 heteroatoms. The fraction of sp³-hybridized carbons (Fsp3) is 0.250. The molecule has 12 heavy (non-hydrogen) atoms. The molecule has 0 spiro atoms. The molecule has 0 aliphatic heterocycles. The average Bonchev–Trinajstić information content (AvgIpc) is 2.05. The van der Waals surface area contributed by atoms with Crippen LogP contribution in [-0.4, -0.2) is 25.3 Å². The van der Waals surface area contributed by atoms with Crippen LogP contribution in [0.5, 0.6) is 0 Å². The highest BCUT2D eigenvalue weighted by Crippen LogP contribution is 2.09. The SMILES string of the molecule is CN=Cc1cccnc1N(C)N. The van der Waals surface area contributed by atoms with E-state index in [1.54, 1.807) is 26.5 Å². The predicted molar refractivity (Wildman–Crippen MR) is 50.3 cm³/mol. The molecule has 0 atom stereocenters. The average molecular weight is 164 g/mol. The molecule has 0 fully saturated rings. The third kappa shape index (κ3) is 1.79. The normalized spacial score (nSPS) is 10.6. The van der Waals surface area contributed by atoms with Crippen molar-refractivity contribution in [1.82, 2.24) is 4.98 Å². The summed E-state index contributed by atoms with van der Waals surface area (Å²) in [5.74, 6) is 6.28. The Kier molecular flexibility index (Phi) is 2.76. The molecule has 1 aromatic heterocycles. The van der Waals surface area contributed by atoms with E-state index in [1.807, 2.05) is 12.1 Å². The first-order valence-electron chi connectivity index (χ1n) is 3.61. The summed E-state index contributed by atoms with van der Waals surface area (Å²) in [5.41, 5.74) is 0.921. The predicted octanol–water partition coefficient (Wildman–Crippen LogP) is 0.440. The van der Waals surface area contributed by atoms with Gasteiger partial charge in [-0.25, -0.2) is 10.8 Å². The first-order valence-corrected chi connectivity index (χ1v) is 3.61. The molecule has 0 aliphatic carbocycles. The molecule has 1 heterocycles. The van der Waals surface area contributed by atoms with Crippen molar-refractivity contribution < 1.29 is 0 Å². The van der Waals surface area contributed by atoms with Gasteiger partial charge in [0.15, 0.2) is 5.82 Å². The van der Waals surface area contributed by atoms with Crippen molar-refractivity contribution >= 4 is 12.0 Å². The van der Waals surface area contributed by atoms with Crippen molar-refractivity contribution in [1.29, 1.82) is 0 Å². The Bertz CT molecular complexity index is 280. The lowest BCUT2D eigenvalue weighted by Gasteiger charge is -2.12. The van der Waals surface area contributed by atoms with Crippen molar-refractivity contribution in [3.63, 3.8) is 0 Å². The summed E-state index contributed by atoms with van der Waals surface area (Å²) < 4.78 is 0. The molecule has 0 unspecified atom stereocenters. The largest absolute Gasteiger partial charge is 0.297 e. The molecule has 1 aromatic rings. The van der Waals surface area contributed by atoms with Crippen LogP contribution in [0.1, 0.15) is 5.56 Å². The molecule has 0 bridgehead atoms. The van der Waals surface area contributed by atoms with Gasteiger partial charge in [-0.1, -0.05) is 0 Å². The van der Waals surface area contributed by atoms with Crippen LogP contribution in [0.4, 0.5) is 5.82 Å². The van der Waals surface area contributed by atoms with Crippen molar-refractivity contribution in [2.24, 2.45) is 10.8 Å². The topological polar surface area (TPSA) is 54.5 Å². The van der Waals surface area contributed by atoms with Gasteiger partial charge in [0.05, 0.1) is 0 Å². The van der Waals surface area contributed by atoms with Crippen LogP contribution in [0.25, 0.3) is 0 Å². The van der Waals surface area contributed by atoms with Crippen LogP contribution in [0.3, 0.4) is 0 Å². The number of anilines is 1. The molecule has 0 aliphatic rings. The number of nitrogens with two attached hydrogens (primary N) is 1. The summed E-state index contributed by atoms with van der Waals surface area (Å²) >= 11 is 0. The van der Waals surface area contributed by atoms with E-state index in [1.165, 1.54) is 5.01 Å². The molecule has 64 valence electrons. The van der Waals surface area contributed by atoms with Crippen molar-refractivity contribution in [2.45, 2.75) is 0 Å². The fourth-order valence-corrected chi connectivity index (χ4v) is 0.944. The van der Waals surface area contributed by atoms with Crippen LogP contribution >= 0.6 is 0 Å². The van der Waals surface area contributed by atoms with E-state index in [4.69, 9.17) is 5.84 Å². The summed E-state index contributed by atoms with van der Waals surface area (Å²) in [5, 5.41) is 1.47. The monoisotopic (exact) mass is 164 g/mol. The highest BCUT2D eigenvalue weighted by molar-refractivity contribution is 5.86. The van der Waals surface area contributed by atoms with Crippen molar-refractivity contribution in [3.8, 4) is 0 Å². The minimum atomic E-state index is 0.725. The second-order valence-electron chi connectivity index (χ2n) is 2.41. The summed E-state index contributed by atoms with van der Waals surface area (Å²) in [6.45, 7) is 0. The Morgan fingerprint density at radius 2 is 2.42 bits per heavy atom. The standard InChI is InChI=1S/C8H12N4/c1-10-6-7-4-3-5-11-8(7)12(2)9/h3-6H,9H2,1-2H3. The molecule has 0 aromatic carbocycles. The van der Waals surface area contributed by atoms with Gasteiger partial charge in [-0.3, -0.25) is 10.0 Å². The second-order valence-corrected chi connectivity index (χ2v) is 2.41. The summed E-state index contributed by atoms with van der Waals surface area (Å²) in [7, 11) is 3.46. The molecular formula is C8H12N4. The zero-order valence-corrected chi connectivity index (χ0v) is 7.23. The lowest BCUT2D eigenvalue weighted by atomic mass is 10.3. The van der Waals surface area contributed by atoms with E-state index >= 15 is 0 Å². The third-order valence-corrected chi connectivity index (χ3v) is 1.42. The van der Waals surface area contributed by atoms with Gasteiger partial charge < -0.3 is 0 Å². The van der Waals surface area contributed by atoms with Crippen molar-refractivity contribution in [2.75, 3.05) is 19.1 Å². The van der Waals surface area contributed by atoms with Gasteiger partial charge in [-0.2, -0.15) is 0 Å². The van der Waals surface area contributed by atoms with E-state index in [0.717, 1.165) is 11.4 Å². The van der Waals surface area contributed by atoms with Gasteiger partial charge in [0.2, 0.25) is 0 Å². The Labute approximate surface area is 71.7 Å². The van der Waals surface area contributed by atoms with Gasteiger partial charge in [-0.05, 0) is 12.1 Å². The molecule has 4 nitrogen and oxygen atoms in total. The molecule has 1 rings (SSSR count). The number of nitrogens with zero attached hydrogens (tertiary/aromatic N) is 3. The Hall–Kier alpha value is -1.42. The van der Waals surface area contributed by atoms with Crippen LogP contribution < -0.4 is 10.9 Å². The van der Waals surface area contributed by atoms with Gasteiger partial charge in [0.1, 0.15) is 0 Å². The number of aromatic nitrogens is 1.